The number of hydrogen-bond donors (Lipinski definition) is 2. The van der Waals surface area contributed by atoms with Gasteiger partial charge in [0.25, 0.3) is 0 Å². The molecule has 0 radical (unpaired) electrons. The first-order chi connectivity index (χ1) is 22.7. The first-order valence-electron chi connectivity index (χ1n) is 16.2. The van der Waals surface area contributed by atoms with Gasteiger partial charge in [0, 0.05) is 58.2 Å². The van der Waals surface area contributed by atoms with E-state index in [9.17, 15) is 10.2 Å². The summed E-state index contributed by atoms with van der Waals surface area (Å²) >= 11 is 0. The molecule has 226 valence electrons. The number of nitrogens with zero attached hydrogens (tertiary/aromatic N) is 6. The van der Waals surface area contributed by atoms with Crippen molar-refractivity contribution in [2.24, 2.45) is 11.8 Å². The molecule has 0 saturated carbocycles. The van der Waals surface area contributed by atoms with E-state index in [-0.39, 0.29) is 23.9 Å². The quantitative estimate of drug-likeness (QED) is 0.247. The Morgan fingerprint density at radius 1 is 0.609 bits per heavy atom. The Balaban J connectivity index is 1.01. The van der Waals surface area contributed by atoms with Crippen LogP contribution in [0.3, 0.4) is 0 Å². The molecule has 4 aromatic heterocycles. The van der Waals surface area contributed by atoms with Crippen molar-refractivity contribution in [2.75, 3.05) is 0 Å². The van der Waals surface area contributed by atoms with Crippen LogP contribution in [0.25, 0.3) is 33.8 Å². The van der Waals surface area contributed by atoms with E-state index < -0.39 is 12.2 Å². The molecule has 0 amide bonds. The lowest BCUT2D eigenvalue weighted by molar-refractivity contribution is 0.0715. The molecule has 8 heteroatoms. The van der Waals surface area contributed by atoms with Gasteiger partial charge in [0.1, 0.15) is 0 Å². The second kappa shape index (κ2) is 9.79. The third kappa shape index (κ3) is 3.56. The molecule has 0 saturated heterocycles. The van der Waals surface area contributed by atoms with Gasteiger partial charge in [0.2, 0.25) is 0 Å². The Bertz CT molecular complexity index is 2170. The normalized spacial score (nSPS) is 25.3. The Morgan fingerprint density at radius 2 is 1.28 bits per heavy atom. The second-order valence-electron chi connectivity index (χ2n) is 13.3. The number of aromatic nitrogens is 6. The number of aliphatic hydroxyl groups is 2. The Hall–Kier alpha value is -4.92. The fourth-order valence-corrected chi connectivity index (χ4v) is 9.08. The van der Waals surface area contributed by atoms with E-state index in [4.69, 9.17) is 4.98 Å². The average molecular weight is 605 g/mol. The molecule has 6 atom stereocenters. The highest BCUT2D eigenvalue weighted by Crippen LogP contribution is 2.53. The van der Waals surface area contributed by atoms with Crippen molar-refractivity contribution in [3.63, 3.8) is 0 Å². The largest absolute Gasteiger partial charge is 0.388 e. The summed E-state index contributed by atoms with van der Waals surface area (Å²) in [7, 11) is 0. The number of hydrogen-bond acceptors (Lipinski definition) is 6. The summed E-state index contributed by atoms with van der Waals surface area (Å²) in [6.45, 7) is 0. The Labute approximate surface area is 266 Å². The van der Waals surface area contributed by atoms with Gasteiger partial charge in [0.15, 0.2) is 0 Å². The number of fused-ring (bicyclic) bond motifs is 8. The number of aliphatic hydroxyl groups excluding tert-OH is 2. The number of pyridine rings is 2. The van der Waals surface area contributed by atoms with Gasteiger partial charge in [-0.05, 0) is 60.1 Å². The molecule has 2 aliphatic heterocycles. The molecule has 0 fully saturated rings. The maximum Gasteiger partial charge on any atom is 0.0956 e. The van der Waals surface area contributed by atoms with E-state index in [0.29, 0.717) is 0 Å². The highest BCUT2D eigenvalue weighted by Gasteiger charge is 2.43. The van der Waals surface area contributed by atoms with E-state index >= 15 is 0 Å². The van der Waals surface area contributed by atoms with Crippen LogP contribution in [0.15, 0.2) is 98.2 Å². The lowest BCUT2D eigenvalue weighted by atomic mass is 9.75. The van der Waals surface area contributed by atoms with Crippen molar-refractivity contribution in [3.8, 4) is 33.8 Å². The molecule has 6 aromatic rings. The van der Waals surface area contributed by atoms with E-state index in [0.717, 1.165) is 70.6 Å². The SMILES string of the molecule is O[C@@H]1c2cnccc2CC[C@@H]1[C@@H]1c2cccc(-c3cc4c(cn3)[C@H](O)[C@@H]([C@@H]3c5ccccc5-c5cncn53)CC4)c2-c2cncn21. The van der Waals surface area contributed by atoms with Gasteiger partial charge >= 0.3 is 0 Å². The van der Waals surface area contributed by atoms with E-state index in [1.165, 1.54) is 22.3 Å². The van der Waals surface area contributed by atoms with Crippen molar-refractivity contribution in [1.29, 1.82) is 0 Å². The third-order valence-corrected chi connectivity index (χ3v) is 11.2. The minimum Gasteiger partial charge on any atom is -0.388 e. The minimum absolute atomic E-state index is 0.00135. The van der Waals surface area contributed by atoms with Crippen LogP contribution in [0, 0.1) is 11.8 Å². The van der Waals surface area contributed by atoms with Gasteiger partial charge in [0.05, 0.1) is 66.4 Å². The summed E-state index contributed by atoms with van der Waals surface area (Å²) in [5.74, 6) is 0.0246. The van der Waals surface area contributed by atoms with Gasteiger partial charge < -0.3 is 19.3 Å². The van der Waals surface area contributed by atoms with Crippen LogP contribution in [0.1, 0.15) is 70.5 Å². The minimum atomic E-state index is -0.630. The first-order valence-corrected chi connectivity index (χ1v) is 16.2. The zero-order valence-electron chi connectivity index (χ0n) is 25.1. The summed E-state index contributed by atoms with van der Waals surface area (Å²) in [4.78, 5) is 18.3. The molecular formula is C38H32N6O2. The maximum absolute atomic E-state index is 11.8. The van der Waals surface area contributed by atoms with Crippen LogP contribution in [0.2, 0.25) is 0 Å². The lowest BCUT2D eigenvalue weighted by Gasteiger charge is -2.35. The van der Waals surface area contributed by atoms with Crippen molar-refractivity contribution < 1.29 is 10.2 Å². The topological polar surface area (TPSA) is 102 Å². The lowest BCUT2D eigenvalue weighted by Crippen LogP contribution is -2.28. The zero-order valence-corrected chi connectivity index (χ0v) is 25.1. The summed E-state index contributed by atoms with van der Waals surface area (Å²) < 4.78 is 4.47. The molecule has 6 heterocycles. The van der Waals surface area contributed by atoms with Gasteiger partial charge in [-0.2, -0.15) is 0 Å². The summed E-state index contributed by atoms with van der Waals surface area (Å²) in [6, 6.07) is 19.2. The van der Waals surface area contributed by atoms with Gasteiger partial charge in [-0.3, -0.25) is 9.97 Å². The fraction of sp³-hybridized carbons (Fsp3) is 0.263. The smallest absolute Gasteiger partial charge is 0.0956 e. The highest BCUT2D eigenvalue weighted by molar-refractivity contribution is 5.86. The van der Waals surface area contributed by atoms with Crippen LogP contribution in [0.4, 0.5) is 0 Å². The zero-order chi connectivity index (χ0) is 30.5. The number of aryl methyl sites for hydroxylation is 2. The van der Waals surface area contributed by atoms with Crippen molar-refractivity contribution >= 4 is 0 Å². The summed E-state index contributed by atoms with van der Waals surface area (Å²) in [5.41, 5.74) is 13.1. The van der Waals surface area contributed by atoms with Crippen LogP contribution in [0.5, 0.6) is 0 Å². The fourth-order valence-electron chi connectivity index (χ4n) is 9.08. The monoisotopic (exact) mass is 604 g/mol. The van der Waals surface area contributed by atoms with Crippen LogP contribution < -0.4 is 0 Å². The Morgan fingerprint density at radius 3 is 2.13 bits per heavy atom. The number of benzene rings is 2. The first kappa shape index (κ1) is 26.3. The second-order valence-corrected chi connectivity index (χ2v) is 13.3. The molecule has 8 nitrogen and oxygen atoms in total. The molecule has 0 bridgehead atoms. The molecule has 0 spiro atoms. The summed E-state index contributed by atoms with van der Waals surface area (Å²) in [5, 5.41) is 23.4. The molecule has 0 unspecified atom stereocenters. The van der Waals surface area contributed by atoms with E-state index in [1.807, 2.05) is 49.7 Å². The maximum atomic E-state index is 11.8. The third-order valence-electron chi connectivity index (χ3n) is 11.2. The van der Waals surface area contributed by atoms with Crippen LogP contribution in [-0.4, -0.2) is 39.3 Å². The van der Waals surface area contributed by atoms with E-state index in [2.05, 4.69) is 72.6 Å². The molecular weight excluding hydrogens is 572 g/mol. The average Bonchev–Trinajstić information content (AvgIpc) is 3.88. The number of rotatable bonds is 3. The van der Waals surface area contributed by atoms with Crippen molar-refractivity contribution in [1.82, 2.24) is 29.1 Å². The van der Waals surface area contributed by atoms with E-state index in [1.54, 1.807) is 0 Å². The van der Waals surface area contributed by atoms with Gasteiger partial charge in [-0.25, -0.2) is 9.97 Å². The molecule has 10 rings (SSSR count). The molecule has 2 aromatic carbocycles. The molecule has 46 heavy (non-hydrogen) atoms. The Kier molecular flexibility index (Phi) is 5.60. The van der Waals surface area contributed by atoms with Crippen LogP contribution >= 0.6 is 0 Å². The van der Waals surface area contributed by atoms with Crippen molar-refractivity contribution in [2.45, 2.75) is 50.0 Å². The predicted molar refractivity (Wildman–Crippen MR) is 173 cm³/mol. The highest BCUT2D eigenvalue weighted by atomic mass is 16.3. The predicted octanol–water partition coefficient (Wildman–Crippen LogP) is 6.27. The standard InChI is InChI=1S/C38H32N6O2/c45-37-28(10-8-21-12-13-39-15-29(21)37)36-26-7-3-6-25(34(26)33-18-41-20-44(33)36)31-14-22-9-11-27(38(46)30(22)16-42-31)35-24-5-2-1-4-23(24)32-17-40-19-43(32)35/h1-7,12-20,27-28,35-38,45-46H,8-11H2/t27-,28-,35+,36+,37+,38-/m1/s1. The number of imidazole rings is 2. The van der Waals surface area contributed by atoms with Gasteiger partial charge in [-0.1, -0.05) is 42.5 Å². The van der Waals surface area contributed by atoms with Gasteiger partial charge in [-0.15, -0.1) is 0 Å². The molecule has 2 N–H and O–H groups in total. The summed E-state index contributed by atoms with van der Waals surface area (Å²) in [6.07, 6.45) is 15.5. The molecule has 4 aliphatic rings. The van der Waals surface area contributed by atoms with Crippen molar-refractivity contribution in [3.05, 3.63) is 132 Å². The van der Waals surface area contributed by atoms with Crippen LogP contribution in [-0.2, 0) is 12.8 Å². The molecule has 2 aliphatic carbocycles.